The van der Waals surface area contributed by atoms with Crippen molar-refractivity contribution < 1.29 is 32.7 Å². The molecule has 2 unspecified atom stereocenters. The Hall–Kier alpha value is -4.90. The Labute approximate surface area is 300 Å². The zero-order valence-electron chi connectivity index (χ0n) is 27.9. The van der Waals surface area contributed by atoms with E-state index in [9.17, 15) is 23.4 Å². The lowest BCUT2D eigenvalue weighted by Gasteiger charge is -2.14. The highest BCUT2D eigenvalue weighted by Gasteiger charge is 2.24. The quantitative estimate of drug-likeness (QED) is 0.0233. The molecule has 0 aliphatic carbocycles. The highest BCUT2D eigenvalue weighted by Crippen LogP contribution is 2.35. The second kappa shape index (κ2) is 17.8. The highest BCUT2D eigenvalue weighted by atomic mass is 32.2. The van der Waals surface area contributed by atoms with Gasteiger partial charge >= 0.3 is 5.97 Å². The van der Waals surface area contributed by atoms with Gasteiger partial charge < -0.3 is 10.2 Å². The van der Waals surface area contributed by atoms with Crippen LogP contribution in [0, 0.1) is 0 Å². The molecule has 0 aliphatic heterocycles. The first-order valence-corrected chi connectivity index (χ1v) is 18.3. The number of hydroxylamine groups is 1. The topological polar surface area (TPSA) is 177 Å². The van der Waals surface area contributed by atoms with E-state index in [0.717, 1.165) is 41.6 Å². The molecule has 0 radical (unpaired) electrons. The SMILES string of the molecule is CC(CCc1ccccc1)NOOSc1ccc(N=Nc2c(C(=O)O)nn(-c3ccc(S(=O)(=O)NC(C)CCc4ccccc4)cc3)c2O)cc1. The first-order valence-electron chi connectivity index (χ1n) is 16.1. The van der Waals surface area contributed by atoms with Crippen LogP contribution in [0.4, 0.5) is 11.4 Å². The molecule has 0 spiro atoms. The van der Waals surface area contributed by atoms with Gasteiger partial charge in [0, 0.05) is 17.0 Å². The van der Waals surface area contributed by atoms with E-state index in [0.29, 0.717) is 17.0 Å². The molecule has 4 aromatic carbocycles. The Morgan fingerprint density at radius 1 is 0.843 bits per heavy atom. The van der Waals surface area contributed by atoms with Crippen LogP contribution >= 0.6 is 12.0 Å². The molecule has 2 atom stereocenters. The lowest BCUT2D eigenvalue weighted by molar-refractivity contribution is -0.253. The number of nitrogens with zero attached hydrogens (tertiary/aromatic N) is 4. The van der Waals surface area contributed by atoms with Crippen molar-refractivity contribution in [3.8, 4) is 11.6 Å². The summed E-state index contributed by atoms with van der Waals surface area (Å²) in [5.41, 5.74) is 4.89. The smallest absolute Gasteiger partial charge is 0.358 e. The van der Waals surface area contributed by atoms with Crippen molar-refractivity contribution in [1.82, 2.24) is 20.0 Å². The van der Waals surface area contributed by atoms with Gasteiger partial charge in [-0.15, -0.1) is 14.4 Å². The van der Waals surface area contributed by atoms with Gasteiger partial charge in [-0.2, -0.15) is 20.4 Å². The maximum atomic E-state index is 13.0. The van der Waals surface area contributed by atoms with Crippen molar-refractivity contribution in [1.29, 1.82) is 0 Å². The molecule has 5 aromatic rings. The third kappa shape index (κ3) is 10.8. The van der Waals surface area contributed by atoms with Gasteiger partial charge in [0.05, 0.1) is 28.3 Å². The molecule has 15 heteroatoms. The number of aromatic hydroxyl groups is 1. The average Bonchev–Trinajstić information content (AvgIpc) is 3.48. The number of carbonyl (C=O) groups is 1. The molecule has 0 fully saturated rings. The molecule has 266 valence electrons. The van der Waals surface area contributed by atoms with Crippen LogP contribution in [0.25, 0.3) is 5.69 Å². The number of aromatic nitrogens is 2. The molecule has 5 rings (SSSR count). The number of aromatic carboxylic acids is 1. The van der Waals surface area contributed by atoms with Crippen molar-refractivity contribution in [2.45, 2.75) is 61.4 Å². The molecular weight excluding hydrogens is 693 g/mol. The van der Waals surface area contributed by atoms with Gasteiger partial charge in [0.1, 0.15) is 0 Å². The second-order valence-electron chi connectivity index (χ2n) is 11.8. The summed E-state index contributed by atoms with van der Waals surface area (Å²) in [6.07, 6.45) is 3.09. The summed E-state index contributed by atoms with van der Waals surface area (Å²) >= 11 is 0.986. The predicted octanol–water partition coefficient (Wildman–Crippen LogP) is 7.47. The van der Waals surface area contributed by atoms with Crippen LogP contribution in [0.1, 0.15) is 48.3 Å². The zero-order chi connectivity index (χ0) is 36.2. The molecule has 0 aliphatic rings. The lowest BCUT2D eigenvalue weighted by Crippen LogP contribution is -2.32. The minimum atomic E-state index is -3.84. The molecular formula is C36H38N6O7S2. The normalized spacial score (nSPS) is 13.0. The minimum absolute atomic E-state index is 0.00561. The van der Waals surface area contributed by atoms with Crippen LogP contribution in [0.3, 0.4) is 0 Å². The summed E-state index contributed by atoms with van der Waals surface area (Å²) in [6.45, 7) is 3.79. The minimum Gasteiger partial charge on any atom is -0.492 e. The summed E-state index contributed by atoms with van der Waals surface area (Å²) in [5, 5.41) is 32.7. The largest absolute Gasteiger partial charge is 0.492 e. The summed E-state index contributed by atoms with van der Waals surface area (Å²) in [4.78, 5) is 17.8. The number of hydrogen-bond acceptors (Lipinski definition) is 11. The third-order valence-electron chi connectivity index (χ3n) is 7.72. The van der Waals surface area contributed by atoms with Crippen LogP contribution in [0.15, 0.2) is 129 Å². The monoisotopic (exact) mass is 730 g/mol. The van der Waals surface area contributed by atoms with E-state index in [4.69, 9.17) is 9.32 Å². The third-order valence-corrected chi connectivity index (χ3v) is 9.93. The second-order valence-corrected chi connectivity index (χ2v) is 14.2. The van der Waals surface area contributed by atoms with E-state index >= 15 is 0 Å². The fourth-order valence-electron chi connectivity index (χ4n) is 4.92. The number of azo groups is 1. The van der Waals surface area contributed by atoms with Crippen LogP contribution in [0.2, 0.25) is 0 Å². The molecule has 0 saturated carbocycles. The van der Waals surface area contributed by atoms with Gasteiger partial charge in [0.2, 0.25) is 21.6 Å². The Morgan fingerprint density at radius 2 is 1.43 bits per heavy atom. The first kappa shape index (κ1) is 37.4. The highest BCUT2D eigenvalue weighted by molar-refractivity contribution is 7.94. The van der Waals surface area contributed by atoms with Crippen LogP contribution in [-0.2, 0) is 32.2 Å². The van der Waals surface area contributed by atoms with Crippen LogP contribution < -0.4 is 10.2 Å². The van der Waals surface area contributed by atoms with E-state index in [1.807, 2.05) is 55.5 Å². The van der Waals surface area contributed by atoms with Gasteiger partial charge in [-0.25, -0.2) is 17.9 Å². The van der Waals surface area contributed by atoms with E-state index in [1.54, 1.807) is 31.2 Å². The van der Waals surface area contributed by atoms with E-state index in [2.05, 4.69) is 37.7 Å². The number of nitrogens with one attached hydrogen (secondary N) is 2. The number of carboxylic acid groups (broad SMARTS) is 1. The van der Waals surface area contributed by atoms with Gasteiger partial charge in [0.25, 0.3) is 0 Å². The maximum Gasteiger partial charge on any atom is 0.358 e. The molecule has 1 aromatic heterocycles. The van der Waals surface area contributed by atoms with Crippen molar-refractivity contribution >= 4 is 39.4 Å². The van der Waals surface area contributed by atoms with Crippen molar-refractivity contribution in [3.05, 3.63) is 126 Å². The van der Waals surface area contributed by atoms with Crippen molar-refractivity contribution in [3.63, 3.8) is 0 Å². The van der Waals surface area contributed by atoms with Crippen LogP contribution in [-0.4, -0.2) is 46.5 Å². The molecule has 0 saturated heterocycles. The standard InChI is InChI=1S/C36H38N6O7S2/c1-25(13-15-27-9-5-3-6-10-27)40-48-49-50-31-21-17-29(18-22-31)37-38-33-34(36(44)45)39-42(35(33)43)30-19-23-32(24-20-30)51(46,47)41-26(2)14-16-28-11-7-4-8-12-28/h3-12,17-26,40-41,43H,13-16H2,1-2H3,(H,44,45). The molecule has 0 bridgehead atoms. The Morgan fingerprint density at radius 3 is 2.02 bits per heavy atom. The molecule has 13 nitrogen and oxygen atoms in total. The van der Waals surface area contributed by atoms with Crippen molar-refractivity contribution in [2.75, 3.05) is 0 Å². The van der Waals surface area contributed by atoms with Crippen molar-refractivity contribution in [2.24, 2.45) is 10.2 Å². The van der Waals surface area contributed by atoms with Gasteiger partial charge in [-0.1, -0.05) is 60.7 Å². The zero-order valence-corrected chi connectivity index (χ0v) is 29.5. The van der Waals surface area contributed by atoms with E-state index in [1.165, 1.54) is 29.8 Å². The summed E-state index contributed by atoms with van der Waals surface area (Å²) in [5.74, 6) is -2.01. The van der Waals surface area contributed by atoms with Gasteiger partial charge in [0.15, 0.2) is 5.69 Å². The van der Waals surface area contributed by atoms with E-state index in [-0.39, 0.29) is 28.4 Å². The van der Waals surface area contributed by atoms with Gasteiger partial charge in [-0.05, 0) is 99.2 Å². The number of hydrogen-bond donors (Lipinski definition) is 4. The fourth-order valence-corrected chi connectivity index (χ4v) is 6.60. The number of aryl methyl sites for hydroxylation is 2. The number of sulfonamides is 1. The predicted molar refractivity (Wildman–Crippen MR) is 193 cm³/mol. The molecule has 1 heterocycles. The number of benzene rings is 4. The Balaban J connectivity index is 1.16. The van der Waals surface area contributed by atoms with Crippen LogP contribution in [0.5, 0.6) is 5.88 Å². The molecule has 0 amide bonds. The number of rotatable bonds is 18. The molecule has 51 heavy (non-hydrogen) atoms. The summed E-state index contributed by atoms with van der Waals surface area (Å²) in [6, 6.07) is 31.9. The Kier molecular flexibility index (Phi) is 13.1. The summed E-state index contributed by atoms with van der Waals surface area (Å²) < 4.78 is 34.8. The fraction of sp³-hybridized carbons (Fsp3) is 0.222. The van der Waals surface area contributed by atoms with Gasteiger partial charge in [-0.3, -0.25) is 0 Å². The molecule has 4 N–H and O–H groups in total. The maximum absolute atomic E-state index is 13.0. The average molecular weight is 731 g/mol. The Bertz CT molecular complexity index is 2010. The lowest BCUT2D eigenvalue weighted by atomic mass is 10.1. The number of carboxylic acids is 1. The summed E-state index contributed by atoms with van der Waals surface area (Å²) in [7, 11) is -3.84. The first-order chi connectivity index (χ1) is 24.6. The van der Waals surface area contributed by atoms with E-state index < -0.39 is 27.6 Å².